The molecule has 2 heterocycles. The number of hydrogen-bond acceptors (Lipinski definition) is 4. The number of piperidine rings is 1. The van der Waals surface area contributed by atoms with E-state index in [1.54, 1.807) is 29.9 Å². The van der Waals surface area contributed by atoms with E-state index in [2.05, 4.69) is 5.10 Å². The van der Waals surface area contributed by atoms with Gasteiger partial charge in [0.05, 0.1) is 11.7 Å². The summed E-state index contributed by atoms with van der Waals surface area (Å²) in [6, 6.07) is 1.79. The summed E-state index contributed by atoms with van der Waals surface area (Å²) in [5, 5.41) is 4.51. The fraction of sp³-hybridized carbons (Fsp3) is 0.706. The van der Waals surface area contributed by atoms with Crippen LogP contribution in [0.4, 0.5) is 4.79 Å². The number of likely N-dealkylation sites (N-methyl/N-ethyl adjacent to an activating group) is 1. The normalized spacial score (nSPS) is 18.4. The van der Waals surface area contributed by atoms with Crippen LogP contribution in [0.1, 0.15) is 51.8 Å². The van der Waals surface area contributed by atoms with Crippen LogP contribution in [0.5, 0.6) is 0 Å². The van der Waals surface area contributed by atoms with Crippen LogP contribution >= 0.6 is 0 Å². The van der Waals surface area contributed by atoms with Gasteiger partial charge in [0.1, 0.15) is 12.1 Å². The molecular weight excluding hydrogens is 308 g/mol. The van der Waals surface area contributed by atoms with Gasteiger partial charge in [0.25, 0.3) is 0 Å². The molecule has 2 amide bonds. The van der Waals surface area contributed by atoms with E-state index in [0.717, 1.165) is 25.0 Å². The molecule has 1 saturated heterocycles. The molecule has 0 aliphatic carbocycles. The topological polar surface area (TPSA) is 67.7 Å². The smallest absolute Gasteiger partial charge is 0.410 e. The summed E-state index contributed by atoms with van der Waals surface area (Å²) < 4.78 is 7.15. The third-order valence-electron chi connectivity index (χ3n) is 3.93. The molecule has 1 aromatic rings. The third-order valence-corrected chi connectivity index (χ3v) is 3.93. The van der Waals surface area contributed by atoms with Gasteiger partial charge in [0.15, 0.2) is 0 Å². The Hall–Kier alpha value is -2.05. The number of aromatic nitrogens is 2. The molecule has 0 radical (unpaired) electrons. The molecule has 0 N–H and O–H groups in total. The van der Waals surface area contributed by atoms with Crippen LogP contribution in [-0.4, -0.2) is 57.8 Å². The summed E-state index contributed by atoms with van der Waals surface area (Å²) in [5.41, 5.74) is 0.295. The minimum atomic E-state index is -0.517. The molecule has 1 aliphatic heterocycles. The summed E-state index contributed by atoms with van der Waals surface area (Å²) in [7, 11) is 3.44. The van der Waals surface area contributed by atoms with Gasteiger partial charge in [-0.05, 0) is 46.1 Å². The molecule has 7 nitrogen and oxygen atoms in total. The largest absolute Gasteiger partial charge is 0.444 e. The number of likely N-dealkylation sites (tertiary alicyclic amines) is 1. The van der Waals surface area contributed by atoms with Crippen molar-refractivity contribution in [2.24, 2.45) is 0 Å². The van der Waals surface area contributed by atoms with E-state index in [1.165, 1.54) is 4.90 Å². The fourth-order valence-electron chi connectivity index (χ4n) is 2.70. The van der Waals surface area contributed by atoms with Crippen LogP contribution in [0.15, 0.2) is 12.3 Å². The SMILES string of the molecule is CN(C)C(=O)Cn1ccc([C@@H]2CCCCN2C(=O)OC(C)(C)C)n1. The molecule has 0 saturated carbocycles. The fourth-order valence-corrected chi connectivity index (χ4v) is 2.70. The lowest BCUT2D eigenvalue weighted by Crippen LogP contribution is -2.42. The zero-order valence-electron chi connectivity index (χ0n) is 15.3. The highest BCUT2D eigenvalue weighted by molar-refractivity contribution is 5.75. The van der Waals surface area contributed by atoms with E-state index < -0.39 is 5.60 Å². The molecule has 7 heteroatoms. The Balaban J connectivity index is 2.11. The number of hydrogen-bond donors (Lipinski definition) is 0. The average Bonchev–Trinajstić information content (AvgIpc) is 2.93. The zero-order chi connectivity index (χ0) is 17.9. The van der Waals surface area contributed by atoms with Crippen molar-refractivity contribution >= 4 is 12.0 Å². The van der Waals surface area contributed by atoms with Crippen LogP contribution in [0.25, 0.3) is 0 Å². The highest BCUT2D eigenvalue weighted by Crippen LogP contribution is 2.31. The number of amides is 2. The number of rotatable bonds is 3. The van der Waals surface area contributed by atoms with Crippen molar-refractivity contribution in [2.45, 2.75) is 58.2 Å². The van der Waals surface area contributed by atoms with E-state index in [0.29, 0.717) is 6.54 Å². The number of ether oxygens (including phenoxy) is 1. The van der Waals surface area contributed by atoms with Gasteiger partial charge in [0.2, 0.25) is 5.91 Å². The number of carbonyl (C=O) groups is 2. The third kappa shape index (κ3) is 4.72. The van der Waals surface area contributed by atoms with Gasteiger partial charge in [-0.25, -0.2) is 4.79 Å². The molecular formula is C17H28N4O3. The first-order valence-corrected chi connectivity index (χ1v) is 8.40. The maximum atomic E-state index is 12.5. The van der Waals surface area contributed by atoms with Crippen LogP contribution in [-0.2, 0) is 16.1 Å². The first kappa shape index (κ1) is 18.3. The minimum absolute atomic E-state index is 0.0164. The van der Waals surface area contributed by atoms with E-state index in [-0.39, 0.29) is 24.6 Å². The quantitative estimate of drug-likeness (QED) is 0.850. The van der Waals surface area contributed by atoms with Gasteiger partial charge in [-0.15, -0.1) is 0 Å². The van der Waals surface area contributed by atoms with Gasteiger partial charge in [-0.3, -0.25) is 14.4 Å². The zero-order valence-corrected chi connectivity index (χ0v) is 15.3. The van der Waals surface area contributed by atoms with Crippen molar-refractivity contribution in [3.8, 4) is 0 Å². The highest BCUT2D eigenvalue weighted by Gasteiger charge is 2.32. The predicted octanol–water partition coefficient (Wildman–Crippen LogP) is 2.43. The molecule has 1 aliphatic rings. The van der Waals surface area contributed by atoms with Gasteiger partial charge < -0.3 is 9.64 Å². The predicted molar refractivity (Wildman–Crippen MR) is 90.5 cm³/mol. The summed E-state index contributed by atoms with van der Waals surface area (Å²) in [5.74, 6) is -0.0164. The van der Waals surface area contributed by atoms with E-state index in [9.17, 15) is 9.59 Å². The lowest BCUT2D eigenvalue weighted by Gasteiger charge is -2.35. The Labute approximate surface area is 143 Å². The summed E-state index contributed by atoms with van der Waals surface area (Å²) >= 11 is 0. The second-order valence-electron chi connectivity index (χ2n) is 7.41. The van der Waals surface area contributed by atoms with Crippen molar-refractivity contribution < 1.29 is 14.3 Å². The Bertz CT molecular complexity index is 589. The van der Waals surface area contributed by atoms with Crippen molar-refractivity contribution in [2.75, 3.05) is 20.6 Å². The Morgan fingerprint density at radius 2 is 2.04 bits per heavy atom. The second-order valence-corrected chi connectivity index (χ2v) is 7.41. The van der Waals surface area contributed by atoms with E-state index in [1.807, 2.05) is 26.8 Å². The lowest BCUT2D eigenvalue weighted by molar-refractivity contribution is -0.129. The first-order valence-electron chi connectivity index (χ1n) is 8.40. The van der Waals surface area contributed by atoms with Crippen molar-refractivity contribution in [1.82, 2.24) is 19.6 Å². The maximum absolute atomic E-state index is 12.5. The molecule has 2 rings (SSSR count). The summed E-state index contributed by atoms with van der Waals surface area (Å²) in [4.78, 5) is 27.6. The van der Waals surface area contributed by atoms with Crippen LogP contribution in [0.2, 0.25) is 0 Å². The van der Waals surface area contributed by atoms with Crippen LogP contribution in [0.3, 0.4) is 0 Å². The molecule has 1 fully saturated rings. The van der Waals surface area contributed by atoms with Crippen LogP contribution < -0.4 is 0 Å². The monoisotopic (exact) mass is 336 g/mol. The van der Waals surface area contributed by atoms with Gasteiger partial charge >= 0.3 is 6.09 Å². The Morgan fingerprint density at radius 1 is 1.33 bits per heavy atom. The van der Waals surface area contributed by atoms with Crippen LogP contribution in [0, 0.1) is 0 Å². The van der Waals surface area contributed by atoms with Crippen molar-refractivity contribution in [3.63, 3.8) is 0 Å². The molecule has 0 unspecified atom stereocenters. The van der Waals surface area contributed by atoms with Gasteiger partial charge in [-0.2, -0.15) is 5.10 Å². The van der Waals surface area contributed by atoms with Crippen molar-refractivity contribution in [3.05, 3.63) is 18.0 Å². The second kappa shape index (κ2) is 7.23. The average molecular weight is 336 g/mol. The molecule has 0 spiro atoms. The Kier molecular flexibility index (Phi) is 5.51. The standard InChI is InChI=1S/C17H28N4O3/c1-17(2,3)24-16(23)21-10-7-6-8-14(21)13-9-11-20(18-13)12-15(22)19(4)5/h9,11,14H,6-8,10,12H2,1-5H3/t14-/m0/s1. The number of nitrogens with zero attached hydrogens (tertiary/aromatic N) is 4. The maximum Gasteiger partial charge on any atom is 0.410 e. The summed E-state index contributed by atoms with van der Waals surface area (Å²) in [6.45, 7) is 6.47. The van der Waals surface area contributed by atoms with E-state index >= 15 is 0 Å². The molecule has 134 valence electrons. The van der Waals surface area contributed by atoms with Gasteiger partial charge in [0, 0.05) is 26.8 Å². The first-order chi connectivity index (χ1) is 11.2. The molecule has 0 bridgehead atoms. The molecule has 1 atom stereocenters. The molecule has 24 heavy (non-hydrogen) atoms. The highest BCUT2D eigenvalue weighted by atomic mass is 16.6. The molecule has 1 aromatic heterocycles. The van der Waals surface area contributed by atoms with E-state index in [4.69, 9.17) is 4.74 Å². The lowest BCUT2D eigenvalue weighted by atomic mass is 10.00. The number of carbonyl (C=O) groups excluding carboxylic acids is 2. The molecule has 0 aromatic carbocycles. The minimum Gasteiger partial charge on any atom is -0.444 e. The van der Waals surface area contributed by atoms with Gasteiger partial charge in [-0.1, -0.05) is 0 Å². The van der Waals surface area contributed by atoms with Crippen molar-refractivity contribution in [1.29, 1.82) is 0 Å². The Morgan fingerprint density at radius 3 is 2.67 bits per heavy atom. The summed E-state index contributed by atoms with van der Waals surface area (Å²) in [6.07, 6.45) is 4.37.